The molecule has 5 rings (SSSR count). The molecular formula is C26H34INO3. The number of allylic oxidation sites excluding steroid dienone is 1. The van der Waals surface area contributed by atoms with Gasteiger partial charge >= 0.3 is 5.97 Å². The Kier molecular flexibility index (Phi) is 6.12. The van der Waals surface area contributed by atoms with Crippen LogP contribution in [0.5, 0.6) is 0 Å². The topological polar surface area (TPSA) is 47.2 Å². The molecule has 4 nitrogen and oxygen atoms in total. The summed E-state index contributed by atoms with van der Waals surface area (Å²) in [4.78, 5) is 24.9. The van der Waals surface area contributed by atoms with Gasteiger partial charge in [-0.3, -0.25) is 4.79 Å². The first-order valence-corrected chi connectivity index (χ1v) is 11.7. The van der Waals surface area contributed by atoms with Crippen molar-refractivity contribution in [3.63, 3.8) is 0 Å². The average molecular weight is 535 g/mol. The standard InChI is InChI=1S/C26H34NO3.HI/c1-25-12-10-19(28)15-18(25)6-7-20-21-8-9-23(26(21,2)13-11-22(20)25)30-24(29)17-5-4-14-27(3)16-17;/h4-5,14-16,20-23H,6-13H2,1-3H3;1H/q+1;/p-1/t20-,21-,22-,23-,25-,26-;/m0./s1. The minimum atomic E-state index is -0.188. The summed E-state index contributed by atoms with van der Waals surface area (Å²) in [5.41, 5.74) is 2.33. The highest BCUT2D eigenvalue weighted by Gasteiger charge is 2.60. The number of carbonyl (C=O) groups is 2. The van der Waals surface area contributed by atoms with Gasteiger partial charge in [0.1, 0.15) is 18.7 Å². The van der Waals surface area contributed by atoms with E-state index < -0.39 is 0 Å². The normalized spacial score (nSPS) is 38.8. The molecule has 0 aliphatic heterocycles. The summed E-state index contributed by atoms with van der Waals surface area (Å²) in [5, 5.41) is 0. The molecule has 0 aromatic carbocycles. The molecule has 6 atom stereocenters. The number of aromatic nitrogens is 1. The molecule has 3 saturated carbocycles. The van der Waals surface area contributed by atoms with Gasteiger partial charge in [-0.15, -0.1) is 0 Å². The molecule has 0 radical (unpaired) electrons. The molecule has 3 fully saturated rings. The summed E-state index contributed by atoms with van der Waals surface area (Å²) in [6.45, 7) is 4.80. The van der Waals surface area contributed by atoms with Gasteiger partial charge in [-0.05, 0) is 80.3 Å². The lowest BCUT2D eigenvalue weighted by Crippen LogP contribution is -3.00. The summed E-state index contributed by atoms with van der Waals surface area (Å²) < 4.78 is 8.03. The van der Waals surface area contributed by atoms with Gasteiger partial charge in [0.15, 0.2) is 18.2 Å². The van der Waals surface area contributed by atoms with Crippen LogP contribution < -0.4 is 28.5 Å². The van der Waals surface area contributed by atoms with Crippen LogP contribution >= 0.6 is 0 Å². The van der Waals surface area contributed by atoms with Crippen LogP contribution in [0, 0.1) is 28.6 Å². The quantitative estimate of drug-likeness (QED) is 0.329. The lowest BCUT2D eigenvalue weighted by molar-refractivity contribution is -0.671. The molecule has 168 valence electrons. The molecule has 4 aliphatic rings. The van der Waals surface area contributed by atoms with E-state index >= 15 is 0 Å². The fourth-order valence-electron chi connectivity index (χ4n) is 7.61. The van der Waals surface area contributed by atoms with Crippen LogP contribution in [0.25, 0.3) is 0 Å². The number of ketones is 1. The highest BCUT2D eigenvalue weighted by molar-refractivity contribution is 5.91. The van der Waals surface area contributed by atoms with Gasteiger partial charge in [0, 0.05) is 17.9 Å². The first kappa shape index (κ1) is 22.9. The van der Waals surface area contributed by atoms with Gasteiger partial charge in [-0.2, -0.15) is 0 Å². The predicted octanol–water partition coefficient (Wildman–Crippen LogP) is 1.57. The van der Waals surface area contributed by atoms with E-state index in [0.29, 0.717) is 35.5 Å². The Morgan fingerprint density at radius 2 is 1.90 bits per heavy atom. The van der Waals surface area contributed by atoms with Crippen molar-refractivity contribution in [3.8, 4) is 0 Å². The number of nitrogens with zero attached hydrogens (tertiary/aromatic N) is 1. The monoisotopic (exact) mass is 535 g/mol. The lowest BCUT2D eigenvalue weighted by Gasteiger charge is -2.57. The van der Waals surface area contributed by atoms with Gasteiger partial charge < -0.3 is 28.7 Å². The second kappa shape index (κ2) is 8.27. The van der Waals surface area contributed by atoms with E-state index in [1.807, 2.05) is 42.2 Å². The Hall–Kier alpha value is -1.24. The number of hydrogen-bond donors (Lipinski definition) is 0. The summed E-state index contributed by atoms with van der Waals surface area (Å²) in [6, 6.07) is 3.73. The third-order valence-electron chi connectivity index (χ3n) is 9.30. The van der Waals surface area contributed by atoms with E-state index in [4.69, 9.17) is 4.74 Å². The molecule has 0 saturated heterocycles. The first-order chi connectivity index (χ1) is 14.3. The number of ether oxygens (including phenoxy) is 1. The third-order valence-corrected chi connectivity index (χ3v) is 9.30. The summed E-state index contributed by atoms with van der Waals surface area (Å²) in [7, 11) is 1.93. The Balaban J connectivity index is 0.00000231. The van der Waals surface area contributed by atoms with Crippen LogP contribution in [0.15, 0.2) is 36.2 Å². The number of aryl methyl sites for hydroxylation is 1. The zero-order chi connectivity index (χ0) is 21.1. The Bertz CT molecular complexity index is 927. The number of pyridine rings is 1. The van der Waals surface area contributed by atoms with Gasteiger partial charge in [-0.1, -0.05) is 19.4 Å². The second-order valence-electron chi connectivity index (χ2n) is 10.7. The van der Waals surface area contributed by atoms with Gasteiger partial charge in [0.2, 0.25) is 0 Å². The fraction of sp³-hybridized carbons (Fsp3) is 0.654. The number of halogens is 1. The average Bonchev–Trinajstić information content (AvgIpc) is 3.05. The molecule has 0 spiro atoms. The van der Waals surface area contributed by atoms with Crippen molar-refractivity contribution in [2.24, 2.45) is 35.6 Å². The highest BCUT2D eigenvalue weighted by atomic mass is 127. The van der Waals surface area contributed by atoms with Crippen LogP contribution in [0.2, 0.25) is 0 Å². The molecule has 0 N–H and O–H groups in total. The van der Waals surface area contributed by atoms with Crippen molar-refractivity contribution in [3.05, 3.63) is 41.7 Å². The maximum atomic E-state index is 12.8. The zero-order valence-electron chi connectivity index (χ0n) is 18.9. The number of carbonyl (C=O) groups excluding carboxylic acids is 2. The Morgan fingerprint density at radius 3 is 2.68 bits per heavy atom. The molecule has 5 heteroatoms. The maximum Gasteiger partial charge on any atom is 0.344 e. The number of rotatable bonds is 2. The van der Waals surface area contributed by atoms with Crippen LogP contribution in [0.3, 0.4) is 0 Å². The van der Waals surface area contributed by atoms with Gasteiger partial charge in [0.25, 0.3) is 0 Å². The molecule has 0 unspecified atom stereocenters. The largest absolute Gasteiger partial charge is 1.00 e. The van der Waals surface area contributed by atoms with Crippen LogP contribution in [0.1, 0.15) is 75.6 Å². The minimum absolute atomic E-state index is 0. The molecule has 31 heavy (non-hydrogen) atoms. The molecule has 1 aromatic heterocycles. The second-order valence-corrected chi connectivity index (χ2v) is 10.7. The maximum absolute atomic E-state index is 12.8. The Morgan fingerprint density at radius 1 is 1.10 bits per heavy atom. The smallest absolute Gasteiger partial charge is 0.344 e. The van der Waals surface area contributed by atoms with Gasteiger partial charge in [-0.25, -0.2) is 9.36 Å². The van der Waals surface area contributed by atoms with E-state index in [1.165, 1.54) is 18.4 Å². The molecule has 0 bridgehead atoms. The fourth-order valence-corrected chi connectivity index (χ4v) is 7.61. The van der Waals surface area contributed by atoms with E-state index in [9.17, 15) is 9.59 Å². The Labute approximate surface area is 202 Å². The van der Waals surface area contributed by atoms with E-state index in [1.54, 1.807) is 0 Å². The van der Waals surface area contributed by atoms with Crippen molar-refractivity contribution >= 4 is 11.8 Å². The van der Waals surface area contributed by atoms with Crippen LogP contribution in [-0.4, -0.2) is 17.9 Å². The van der Waals surface area contributed by atoms with Gasteiger partial charge in [0.05, 0.1) is 0 Å². The molecule has 0 amide bonds. The van der Waals surface area contributed by atoms with Crippen molar-refractivity contribution in [1.82, 2.24) is 0 Å². The minimum Gasteiger partial charge on any atom is -1.00 e. The van der Waals surface area contributed by atoms with Crippen LogP contribution in [0.4, 0.5) is 0 Å². The lowest BCUT2D eigenvalue weighted by atomic mass is 9.47. The van der Waals surface area contributed by atoms with E-state index in [2.05, 4.69) is 13.8 Å². The SMILES string of the molecule is C[n+]1cccc(C(=O)O[C@H]2CC[C@H]3[C@@H]4CCC5=CC(=O)CC[C@]5(C)[C@H]4CC[C@]23C)c1.[I-]. The van der Waals surface area contributed by atoms with Crippen LogP contribution in [-0.2, 0) is 16.6 Å². The molecule has 4 aliphatic carbocycles. The predicted molar refractivity (Wildman–Crippen MR) is 114 cm³/mol. The summed E-state index contributed by atoms with van der Waals surface area (Å²) >= 11 is 0. The van der Waals surface area contributed by atoms with Crippen molar-refractivity contribution in [2.75, 3.05) is 0 Å². The van der Waals surface area contributed by atoms with Crippen molar-refractivity contribution < 1.29 is 42.9 Å². The van der Waals surface area contributed by atoms with E-state index in [-0.39, 0.29) is 46.9 Å². The molecule has 1 aromatic rings. The summed E-state index contributed by atoms with van der Waals surface area (Å²) in [5.74, 6) is 2.12. The van der Waals surface area contributed by atoms with E-state index in [0.717, 1.165) is 32.1 Å². The number of hydrogen-bond acceptors (Lipinski definition) is 3. The first-order valence-electron chi connectivity index (χ1n) is 11.7. The molecular weight excluding hydrogens is 501 g/mol. The van der Waals surface area contributed by atoms with Crippen molar-refractivity contribution in [1.29, 1.82) is 0 Å². The summed E-state index contributed by atoms with van der Waals surface area (Å²) in [6.07, 6.45) is 14.2. The number of esters is 1. The highest BCUT2D eigenvalue weighted by Crippen LogP contribution is 2.65. The third kappa shape index (κ3) is 3.68. The van der Waals surface area contributed by atoms with Crippen molar-refractivity contribution in [2.45, 2.75) is 71.3 Å². The number of fused-ring (bicyclic) bond motifs is 5. The molecule has 1 heterocycles. The zero-order valence-corrected chi connectivity index (χ0v) is 21.1.